The predicted octanol–water partition coefficient (Wildman–Crippen LogP) is 3.37. The van der Waals surface area contributed by atoms with Crippen molar-refractivity contribution >= 4 is 17.6 Å². The maximum atomic E-state index is 13.6. The number of benzene rings is 2. The number of primary amides is 1. The van der Waals surface area contributed by atoms with Crippen LogP contribution in [0.3, 0.4) is 0 Å². The van der Waals surface area contributed by atoms with Crippen molar-refractivity contribution in [2.45, 2.75) is 18.8 Å². The zero-order valence-electron chi connectivity index (χ0n) is 19.9. The average molecular weight is 541 g/mol. The summed E-state index contributed by atoms with van der Waals surface area (Å²) >= 11 is 0. The number of rotatable bonds is 9. The van der Waals surface area contributed by atoms with Crippen LogP contribution in [-0.4, -0.2) is 44.8 Å². The topological polar surface area (TPSA) is 129 Å². The highest BCUT2D eigenvalue weighted by molar-refractivity contribution is 6.38. The molecule has 200 valence electrons. The fraction of sp³-hybridized carbons (Fsp3) is 0.115. The third-order valence-corrected chi connectivity index (χ3v) is 5.42. The Morgan fingerprint density at radius 3 is 2.51 bits per heavy atom. The molecule has 0 aliphatic carbocycles. The van der Waals surface area contributed by atoms with E-state index in [4.69, 9.17) is 5.73 Å². The van der Waals surface area contributed by atoms with Gasteiger partial charge in [0.15, 0.2) is 5.82 Å². The number of carbonyl (C=O) groups is 3. The van der Waals surface area contributed by atoms with Crippen LogP contribution in [0.15, 0.2) is 79.1 Å². The number of nitrogens with one attached hydrogen (secondary N) is 1. The van der Waals surface area contributed by atoms with Crippen LogP contribution in [0.2, 0.25) is 0 Å². The molecule has 0 spiro atoms. The molecule has 0 saturated heterocycles. The number of hydrogen-bond acceptors (Lipinski definition) is 6. The normalized spacial score (nSPS) is 12.0. The van der Waals surface area contributed by atoms with Crippen molar-refractivity contribution in [3.63, 3.8) is 0 Å². The maximum absolute atomic E-state index is 13.6. The molecule has 2 aromatic heterocycles. The number of nitrogens with two attached hydrogens (primary N) is 1. The van der Waals surface area contributed by atoms with Crippen LogP contribution in [0.4, 0.5) is 17.6 Å². The summed E-state index contributed by atoms with van der Waals surface area (Å²) in [5.74, 6) is -4.28. The summed E-state index contributed by atoms with van der Waals surface area (Å²) < 4.78 is 57.4. The Morgan fingerprint density at radius 2 is 1.79 bits per heavy atom. The molecule has 0 bridgehead atoms. The predicted molar refractivity (Wildman–Crippen MR) is 129 cm³/mol. The van der Waals surface area contributed by atoms with Gasteiger partial charge in [-0.2, -0.15) is 5.10 Å². The highest BCUT2D eigenvalue weighted by atomic mass is 19.4. The van der Waals surface area contributed by atoms with E-state index in [1.807, 2.05) is 0 Å². The second-order valence-corrected chi connectivity index (χ2v) is 8.15. The molecule has 3 N–H and O–H groups in total. The first-order valence-corrected chi connectivity index (χ1v) is 11.3. The number of aromatic nitrogens is 3. The number of alkyl halides is 3. The molecule has 39 heavy (non-hydrogen) atoms. The van der Waals surface area contributed by atoms with Crippen molar-refractivity contribution < 1.29 is 36.7 Å². The minimum atomic E-state index is -4.92. The van der Waals surface area contributed by atoms with Crippen molar-refractivity contribution in [2.24, 2.45) is 5.73 Å². The van der Waals surface area contributed by atoms with Crippen molar-refractivity contribution in [3.8, 4) is 22.8 Å². The lowest BCUT2D eigenvalue weighted by Crippen LogP contribution is -2.47. The summed E-state index contributed by atoms with van der Waals surface area (Å²) in [7, 11) is 0. The first kappa shape index (κ1) is 27.0. The Labute approximate surface area is 218 Å². The molecule has 2 aromatic carbocycles. The zero-order chi connectivity index (χ0) is 28.2. The van der Waals surface area contributed by atoms with E-state index in [-0.39, 0.29) is 29.1 Å². The third-order valence-electron chi connectivity index (χ3n) is 5.42. The molecular weight excluding hydrogens is 522 g/mol. The molecule has 4 rings (SSSR count). The first-order chi connectivity index (χ1) is 18.5. The SMILES string of the molecule is NC(=O)C(=O)C(Cc1cccc(F)c1)NC(=O)c1cccnc1-n1ccc(-c2ccccc2OC(F)(F)F)n1. The van der Waals surface area contributed by atoms with E-state index in [0.717, 1.165) is 16.8 Å². The third kappa shape index (κ3) is 6.63. The van der Waals surface area contributed by atoms with Crippen LogP contribution in [0.5, 0.6) is 5.75 Å². The van der Waals surface area contributed by atoms with Gasteiger partial charge in [-0.05, 0) is 48.0 Å². The molecule has 9 nitrogen and oxygen atoms in total. The molecule has 4 aromatic rings. The number of hydrogen-bond donors (Lipinski definition) is 2. The second-order valence-electron chi connectivity index (χ2n) is 8.15. The minimum absolute atomic E-state index is 0.0218. The fourth-order valence-electron chi connectivity index (χ4n) is 3.75. The van der Waals surface area contributed by atoms with E-state index < -0.39 is 41.6 Å². The molecule has 1 atom stereocenters. The van der Waals surface area contributed by atoms with Gasteiger partial charge in [-0.15, -0.1) is 13.2 Å². The monoisotopic (exact) mass is 541 g/mol. The van der Waals surface area contributed by atoms with Gasteiger partial charge in [0, 0.05) is 24.4 Å². The number of carbonyl (C=O) groups excluding carboxylic acids is 3. The van der Waals surface area contributed by atoms with E-state index in [1.54, 1.807) is 0 Å². The van der Waals surface area contributed by atoms with Gasteiger partial charge in [-0.1, -0.05) is 24.3 Å². The fourth-order valence-corrected chi connectivity index (χ4v) is 3.75. The summed E-state index contributed by atoms with van der Waals surface area (Å²) in [4.78, 5) is 41.4. The second kappa shape index (κ2) is 11.1. The van der Waals surface area contributed by atoms with Crippen LogP contribution in [0.25, 0.3) is 17.1 Å². The lowest BCUT2D eigenvalue weighted by atomic mass is 10.0. The lowest BCUT2D eigenvalue weighted by Gasteiger charge is -2.17. The Balaban J connectivity index is 1.63. The average Bonchev–Trinajstić information content (AvgIpc) is 3.37. The molecule has 0 saturated carbocycles. The molecule has 0 aliphatic rings. The van der Waals surface area contributed by atoms with E-state index >= 15 is 0 Å². The van der Waals surface area contributed by atoms with Crippen molar-refractivity contribution in [1.29, 1.82) is 0 Å². The van der Waals surface area contributed by atoms with E-state index in [9.17, 15) is 31.9 Å². The molecule has 13 heteroatoms. The zero-order valence-corrected chi connectivity index (χ0v) is 19.9. The highest BCUT2D eigenvalue weighted by Gasteiger charge is 2.32. The highest BCUT2D eigenvalue weighted by Crippen LogP contribution is 2.33. The number of halogens is 4. The van der Waals surface area contributed by atoms with Gasteiger partial charge in [0.05, 0.1) is 11.3 Å². The summed E-state index contributed by atoms with van der Waals surface area (Å²) in [6, 6.07) is 13.4. The smallest absolute Gasteiger partial charge is 0.405 e. The summed E-state index contributed by atoms with van der Waals surface area (Å²) in [6.45, 7) is 0. The van der Waals surface area contributed by atoms with Crippen molar-refractivity contribution in [1.82, 2.24) is 20.1 Å². The summed E-state index contributed by atoms with van der Waals surface area (Å²) in [5.41, 5.74) is 5.54. The van der Waals surface area contributed by atoms with Gasteiger partial charge < -0.3 is 15.8 Å². The van der Waals surface area contributed by atoms with Gasteiger partial charge >= 0.3 is 6.36 Å². The standard InChI is InChI=1S/C26H19F4N5O4/c27-16-6-3-5-15(13-16)14-20(22(36)23(31)37)33-25(38)18-8-4-11-32-24(18)35-12-10-19(34-35)17-7-1-2-9-21(17)39-26(28,29)30/h1-13,20H,14H2,(H2,31,37)(H,33,38). The Hall–Kier alpha value is -5.07. The van der Waals surface area contributed by atoms with Gasteiger partial charge in [-0.3, -0.25) is 14.4 Å². The molecule has 0 aliphatic heterocycles. The van der Waals surface area contributed by atoms with Crippen molar-refractivity contribution in [3.05, 3.63) is 96.1 Å². The number of ether oxygens (including phenoxy) is 1. The Morgan fingerprint density at radius 1 is 1.03 bits per heavy atom. The van der Waals surface area contributed by atoms with Crippen LogP contribution < -0.4 is 15.8 Å². The first-order valence-electron chi connectivity index (χ1n) is 11.3. The van der Waals surface area contributed by atoms with Crippen LogP contribution in [0.1, 0.15) is 15.9 Å². The number of ketones is 1. The largest absolute Gasteiger partial charge is 0.573 e. The van der Waals surface area contributed by atoms with Crippen LogP contribution >= 0.6 is 0 Å². The van der Waals surface area contributed by atoms with Crippen molar-refractivity contribution in [2.75, 3.05) is 0 Å². The van der Waals surface area contributed by atoms with Gasteiger partial charge in [-0.25, -0.2) is 14.1 Å². The van der Waals surface area contributed by atoms with E-state index in [2.05, 4.69) is 20.1 Å². The Bertz CT molecular complexity index is 1540. The van der Waals surface area contributed by atoms with Gasteiger partial charge in [0.1, 0.15) is 17.6 Å². The van der Waals surface area contributed by atoms with Crippen LogP contribution in [-0.2, 0) is 16.0 Å². The van der Waals surface area contributed by atoms with Gasteiger partial charge in [0.2, 0.25) is 5.78 Å². The maximum Gasteiger partial charge on any atom is 0.573 e. The minimum Gasteiger partial charge on any atom is -0.405 e. The molecule has 0 fully saturated rings. The molecule has 0 radical (unpaired) electrons. The Kier molecular flexibility index (Phi) is 7.70. The van der Waals surface area contributed by atoms with Crippen LogP contribution in [0, 0.1) is 5.82 Å². The lowest BCUT2D eigenvalue weighted by molar-refractivity contribution is -0.274. The number of amides is 2. The molecule has 2 heterocycles. The summed E-state index contributed by atoms with van der Waals surface area (Å²) in [5, 5.41) is 6.68. The molecule has 2 amide bonds. The van der Waals surface area contributed by atoms with Gasteiger partial charge in [0.25, 0.3) is 11.8 Å². The summed E-state index contributed by atoms with van der Waals surface area (Å²) in [6.07, 6.45) is -2.41. The molecule has 1 unspecified atom stereocenters. The number of para-hydroxylation sites is 1. The number of Topliss-reactive ketones (excluding diaryl/α,β-unsaturated/α-hetero) is 1. The number of nitrogens with zero attached hydrogens (tertiary/aromatic N) is 3. The van der Waals surface area contributed by atoms with E-state index in [0.29, 0.717) is 5.56 Å². The quantitative estimate of drug-likeness (QED) is 0.247. The number of pyridine rings is 1. The molecular formula is C26H19F4N5O4. The van der Waals surface area contributed by atoms with E-state index in [1.165, 1.54) is 67.0 Å².